The van der Waals surface area contributed by atoms with Gasteiger partial charge in [-0.1, -0.05) is 0 Å². The molecule has 0 radical (unpaired) electrons. The Hall–Kier alpha value is -0.940. The number of amides is 1. The maximum atomic E-state index is 12.1. The van der Waals surface area contributed by atoms with Crippen LogP contribution in [0.3, 0.4) is 0 Å². The molecule has 2 N–H and O–H groups in total. The molecule has 4 unspecified atom stereocenters. The van der Waals surface area contributed by atoms with E-state index in [9.17, 15) is 19.2 Å². The summed E-state index contributed by atoms with van der Waals surface area (Å²) in [7, 11) is 1.89. The van der Waals surface area contributed by atoms with Gasteiger partial charge in [-0.15, -0.1) is 0 Å². The first kappa shape index (κ1) is 27.1. The maximum Gasteiger partial charge on any atom is 0.246 e. The van der Waals surface area contributed by atoms with Crippen molar-refractivity contribution < 1.29 is 28.7 Å². The van der Waals surface area contributed by atoms with Crippen molar-refractivity contribution in [2.24, 2.45) is 11.8 Å². The van der Waals surface area contributed by atoms with Crippen LogP contribution in [0.1, 0.15) is 20.8 Å². The Morgan fingerprint density at radius 2 is 1.30 bits per heavy atom. The van der Waals surface area contributed by atoms with Crippen LogP contribution >= 0.6 is 23.5 Å². The second-order valence-electron chi connectivity index (χ2n) is 7.20. The molecule has 0 aromatic rings. The third-order valence-corrected chi connectivity index (χ3v) is 7.66. The van der Waals surface area contributed by atoms with E-state index < -0.39 is 0 Å². The Balaban J connectivity index is 2.32. The second kappa shape index (κ2) is 15.0. The van der Waals surface area contributed by atoms with Gasteiger partial charge in [0, 0.05) is 46.9 Å². The topological polar surface area (TPSA) is 111 Å². The number of ether oxygens (including phenoxy) is 2. The highest BCUT2D eigenvalue weighted by Gasteiger charge is 2.54. The molecule has 0 bridgehead atoms. The highest BCUT2D eigenvalue weighted by molar-refractivity contribution is 8.04. The first-order valence-corrected chi connectivity index (χ1v) is 12.2. The smallest absolute Gasteiger partial charge is 0.246 e. The summed E-state index contributed by atoms with van der Waals surface area (Å²) >= 11 is 3.39. The number of Topliss-reactive ketones (excluding diaryl/α,β-unsaturated/α-hetero) is 3. The summed E-state index contributed by atoms with van der Waals surface area (Å²) < 4.78 is 10.3. The normalized spacial score (nSPS) is 22.9. The van der Waals surface area contributed by atoms with Crippen molar-refractivity contribution in [2.75, 3.05) is 58.1 Å². The quantitative estimate of drug-likeness (QED) is 0.300. The molecule has 1 aliphatic rings. The minimum absolute atomic E-state index is 0.0495. The van der Waals surface area contributed by atoms with Crippen molar-refractivity contribution in [1.29, 1.82) is 0 Å². The number of carbonyl (C=O) groups is 4. The Morgan fingerprint density at radius 1 is 0.800 bits per heavy atom. The van der Waals surface area contributed by atoms with Crippen LogP contribution in [0, 0.1) is 11.8 Å². The minimum Gasteiger partial charge on any atom is -0.371 e. The molecule has 0 saturated heterocycles. The molecule has 30 heavy (non-hydrogen) atoms. The molecule has 0 heterocycles. The van der Waals surface area contributed by atoms with Crippen LogP contribution in [0.2, 0.25) is 0 Å². The molecule has 0 aromatic carbocycles. The summed E-state index contributed by atoms with van der Waals surface area (Å²) in [5, 5.41) is 6.11. The van der Waals surface area contributed by atoms with Gasteiger partial charge < -0.3 is 20.1 Å². The Kier molecular flexibility index (Phi) is 13.5. The van der Waals surface area contributed by atoms with E-state index in [-0.39, 0.29) is 72.0 Å². The largest absolute Gasteiger partial charge is 0.371 e. The van der Waals surface area contributed by atoms with E-state index in [1.165, 1.54) is 6.92 Å². The average Bonchev–Trinajstić information content (AvgIpc) is 2.65. The van der Waals surface area contributed by atoms with Gasteiger partial charge in [0.05, 0.1) is 13.2 Å². The van der Waals surface area contributed by atoms with E-state index in [2.05, 4.69) is 10.6 Å². The highest BCUT2D eigenvalue weighted by atomic mass is 32.2. The summed E-state index contributed by atoms with van der Waals surface area (Å²) in [5.74, 6) is 0.950. The van der Waals surface area contributed by atoms with Crippen molar-refractivity contribution in [2.45, 2.75) is 31.3 Å². The Labute approximate surface area is 187 Å². The fourth-order valence-electron chi connectivity index (χ4n) is 3.27. The summed E-state index contributed by atoms with van der Waals surface area (Å²) in [6.07, 6.45) is 0. The molecule has 8 nitrogen and oxygen atoms in total. The highest BCUT2D eigenvalue weighted by Crippen LogP contribution is 2.50. The van der Waals surface area contributed by atoms with E-state index in [0.717, 1.165) is 12.3 Å². The number of hydrogen-bond acceptors (Lipinski definition) is 9. The first-order chi connectivity index (χ1) is 14.3. The number of thioether (sulfide) groups is 2. The van der Waals surface area contributed by atoms with Crippen molar-refractivity contribution in [3.8, 4) is 0 Å². The molecule has 1 saturated carbocycles. The average molecular weight is 463 g/mol. The van der Waals surface area contributed by atoms with Gasteiger partial charge in [0.25, 0.3) is 0 Å². The molecule has 0 aromatic heterocycles. The van der Waals surface area contributed by atoms with Gasteiger partial charge in [0.15, 0.2) is 5.78 Å². The Bertz CT molecular complexity index is 590. The second-order valence-corrected chi connectivity index (χ2v) is 9.78. The van der Waals surface area contributed by atoms with E-state index in [1.54, 1.807) is 37.4 Å². The van der Waals surface area contributed by atoms with Gasteiger partial charge in [-0.25, -0.2) is 0 Å². The zero-order valence-corrected chi connectivity index (χ0v) is 19.9. The van der Waals surface area contributed by atoms with E-state index in [0.29, 0.717) is 12.3 Å². The predicted octanol–water partition coefficient (Wildman–Crippen LogP) is 0.572. The van der Waals surface area contributed by atoms with Gasteiger partial charge in [0.1, 0.15) is 24.8 Å². The lowest BCUT2D eigenvalue weighted by atomic mass is 9.68. The monoisotopic (exact) mass is 462 g/mol. The first-order valence-electron chi connectivity index (χ1n) is 10.1. The van der Waals surface area contributed by atoms with Gasteiger partial charge in [-0.3, -0.25) is 19.2 Å². The van der Waals surface area contributed by atoms with Crippen molar-refractivity contribution >= 4 is 46.8 Å². The van der Waals surface area contributed by atoms with Crippen LogP contribution in [0.4, 0.5) is 0 Å². The molecular weight excluding hydrogens is 428 g/mol. The third-order valence-electron chi connectivity index (χ3n) is 4.66. The van der Waals surface area contributed by atoms with Crippen LogP contribution < -0.4 is 10.6 Å². The molecule has 0 aliphatic heterocycles. The van der Waals surface area contributed by atoms with Gasteiger partial charge in [0.2, 0.25) is 5.91 Å². The van der Waals surface area contributed by atoms with Crippen LogP contribution in [0.5, 0.6) is 0 Å². The van der Waals surface area contributed by atoms with Crippen LogP contribution in [-0.2, 0) is 28.7 Å². The van der Waals surface area contributed by atoms with E-state index in [1.807, 2.05) is 7.05 Å². The molecule has 0 spiro atoms. The number of hydrogen-bond donors (Lipinski definition) is 2. The van der Waals surface area contributed by atoms with Gasteiger partial charge in [-0.2, -0.15) is 23.5 Å². The molecule has 1 fully saturated rings. The molecule has 4 atom stereocenters. The van der Waals surface area contributed by atoms with Crippen molar-refractivity contribution in [3.05, 3.63) is 0 Å². The lowest BCUT2D eigenvalue weighted by Crippen LogP contribution is -2.58. The van der Waals surface area contributed by atoms with E-state index >= 15 is 0 Å². The number of rotatable bonds is 17. The molecule has 1 aliphatic carbocycles. The summed E-state index contributed by atoms with van der Waals surface area (Å²) in [6.45, 7) is 6.38. The maximum absolute atomic E-state index is 12.1. The van der Waals surface area contributed by atoms with Crippen LogP contribution in [-0.4, -0.2) is 91.8 Å². The van der Waals surface area contributed by atoms with Gasteiger partial charge in [-0.05, 0) is 27.8 Å². The summed E-state index contributed by atoms with van der Waals surface area (Å²) in [5.41, 5.74) is 0. The third kappa shape index (κ3) is 9.47. The molecule has 10 heteroatoms. The lowest BCUT2D eigenvalue weighted by Gasteiger charge is -2.49. The molecule has 1 amide bonds. The summed E-state index contributed by atoms with van der Waals surface area (Å²) in [4.78, 5) is 46.7. The van der Waals surface area contributed by atoms with Crippen LogP contribution in [0.25, 0.3) is 0 Å². The zero-order chi connectivity index (χ0) is 22.5. The van der Waals surface area contributed by atoms with Crippen molar-refractivity contribution in [1.82, 2.24) is 10.6 Å². The fourth-order valence-corrected chi connectivity index (χ4v) is 6.68. The minimum atomic E-state index is -0.242. The number of ketones is 3. The SMILES string of the molecule is CNCCSC1C(SCCNC(=O)COCCOCC(C)=O)C(C(C)=O)C1C(C)=O. The molecule has 172 valence electrons. The molecule has 1 rings (SSSR count). The lowest BCUT2D eigenvalue weighted by molar-refractivity contribution is -0.134. The van der Waals surface area contributed by atoms with Gasteiger partial charge >= 0.3 is 0 Å². The predicted molar refractivity (Wildman–Crippen MR) is 120 cm³/mol. The van der Waals surface area contributed by atoms with Crippen LogP contribution in [0.15, 0.2) is 0 Å². The standard InChI is InChI=1S/C20H34N2O6S2/c1-13(23)11-27-7-8-28-12-16(26)22-6-10-30-20-18(15(3)25)17(14(2)24)19(20)29-9-5-21-4/h17-21H,5-12H2,1-4H3,(H,22,26). The van der Waals surface area contributed by atoms with Crippen molar-refractivity contribution in [3.63, 3.8) is 0 Å². The number of carbonyl (C=O) groups excluding carboxylic acids is 4. The number of nitrogens with one attached hydrogen (secondary N) is 2. The Morgan fingerprint density at radius 3 is 1.77 bits per heavy atom. The summed E-state index contributed by atoms with van der Waals surface area (Å²) in [6, 6.07) is 0. The fraction of sp³-hybridized carbons (Fsp3) is 0.800. The molecular formula is C20H34N2O6S2. The van der Waals surface area contributed by atoms with E-state index in [4.69, 9.17) is 9.47 Å². The zero-order valence-electron chi connectivity index (χ0n) is 18.2.